The van der Waals surface area contributed by atoms with Crippen molar-refractivity contribution in [1.29, 1.82) is 5.26 Å². The van der Waals surface area contributed by atoms with Gasteiger partial charge in [-0.2, -0.15) is 5.26 Å². The molecule has 8 nitrogen and oxygen atoms in total. The third-order valence-electron chi connectivity index (χ3n) is 6.87. The monoisotopic (exact) mass is 596 g/mol. The summed E-state index contributed by atoms with van der Waals surface area (Å²) in [4.78, 5) is 12.6. The van der Waals surface area contributed by atoms with Gasteiger partial charge in [0.15, 0.2) is 11.5 Å². The van der Waals surface area contributed by atoms with Crippen molar-refractivity contribution in [3.63, 3.8) is 0 Å². The molecule has 1 atom stereocenters. The lowest BCUT2D eigenvalue weighted by molar-refractivity contribution is -0.133. The largest absolute Gasteiger partial charge is 0.497 e. The number of methoxy groups -OCH3 is 1. The zero-order valence-corrected chi connectivity index (χ0v) is 24.4. The number of fused-ring (bicyclic) bond motifs is 1. The number of allylic oxidation sites excluding steroid dienone is 1. The molecule has 43 heavy (non-hydrogen) atoms. The van der Waals surface area contributed by atoms with E-state index in [1.165, 1.54) is 0 Å². The van der Waals surface area contributed by atoms with E-state index in [9.17, 15) is 10.1 Å². The first-order valence-electron chi connectivity index (χ1n) is 13.6. The van der Waals surface area contributed by atoms with E-state index in [1.807, 2.05) is 43.3 Å². The van der Waals surface area contributed by atoms with Crippen molar-refractivity contribution in [1.82, 2.24) is 0 Å². The molecule has 1 aliphatic heterocycles. The molecule has 0 radical (unpaired) electrons. The van der Waals surface area contributed by atoms with Gasteiger partial charge in [0.2, 0.25) is 5.88 Å². The van der Waals surface area contributed by atoms with E-state index in [0.717, 1.165) is 16.7 Å². The molecule has 0 aromatic heterocycles. The zero-order valence-electron chi connectivity index (χ0n) is 23.6. The number of hydrogen-bond donors (Lipinski definition) is 1. The van der Waals surface area contributed by atoms with Crippen LogP contribution in [0.15, 0.2) is 96.4 Å². The summed E-state index contributed by atoms with van der Waals surface area (Å²) >= 11 is 6.29. The van der Waals surface area contributed by atoms with Gasteiger partial charge < -0.3 is 29.4 Å². The minimum absolute atomic E-state index is 0.0290. The molecule has 0 fully saturated rings. The van der Waals surface area contributed by atoms with E-state index < -0.39 is 11.9 Å². The Hall–Kier alpha value is -5.13. The van der Waals surface area contributed by atoms with Crippen LogP contribution in [0.2, 0.25) is 5.02 Å². The summed E-state index contributed by atoms with van der Waals surface area (Å²) < 4.78 is 28.5. The lowest BCUT2D eigenvalue weighted by Crippen LogP contribution is -2.21. The van der Waals surface area contributed by atoms with E-state index in [4.69, 9.17) is 41.0 Å². The first kappa shape index (κ1) is 29.4. The van der Waals surface area contributed by atoms with Crippen LogP contribution >= 0.6 is 11.6 Å². The highest BCUT2D eigenvalue weighted by atomic mass is 35.5. The van der Waals surface area contributed by atoms with Crippen LogP contribution in [0.4, 0.5) is 0 Å². The molecular formula is C34H29ClN2O6. The average Bonchev–Trinajstić information content (AvgIpc) is 3.01. The van der Waals surface area contributed by atoms with Gasteiger partial charge in [0.25, 0.3) is 0 Å². The average molecular weight is 597 g/mol. The summed E-state index contributed by atoms with van der Waals surface area (Å²) in [5.41, 5.74) is 9.54. The molecule has 2 N–H and O–H groups in total. The van der Waals surface area contributed by atoms with Crippen molar-refractivity contribution in [3.8, 4) is 34.8 Å². The second kappa shape index (κ2) is 13.2. The van der Waals surface area contributed by atoms with Crippen LogP contribution in [-0.4, -0.2) is 19.7 Å². The van der Waals surface area contributed by atoms with Gasteiger partial charge in [-0.1, -0.05) is 54.1 Å². The maximum absolute atomic E-state index is 12.6. The Labute approximate surface area is 254 Å². The maximum atomic E-state index is 12.6. The smallest absolute Gasteiger partial charge is 0.315 e. The zero-order chi connectivity index (χ0) is 30.3. The molecule has 218 valence electrons. The predicted octanol–water partition coefficient (Wildman–Crippen LogP) is 6.69. The summed E-state index contributed by atoms with van der Waals surface area (Å²) in [6.07, 6.45) is 0.0796. The van der Waals surface area contributed by atoms with E-state index in [2.05, 4.69) is 6.07 Å². The Bertz CT molecular complexity index is 1710. The Morgan fingerprint density at radius 2 is 1.74 bits per heavy atom. The van der Waals surface area contributed by atoms with E-state index in [-0.39, 0.29) is 24.5 Å². The quantitative estimate of drug-likeness (QED) is 0.159. The Morgan fingerprint density at radius 1 is 0.977 bits per heavy atom. The number of esters is 1. The lowest BCUT2D eigenvalue weighted by Gasteiger charge is -2.27. The van der Waals surface area contributed by atoms with Crippen molar-refractivity contribution in [2.75, 3.05) is 13.7 Å². The van der Waals surface area contributed by atoms with Gasteiger partial charge in [0.1, 0.15) is 35.5 Å². The fraction of sp³-hybridized carbons (Fsp3) is 0.176. The van der Waals surface area contributed by atoms with E-state index >= 15 is 0 Å². The minimum atomic E-state index is -0.547. The Balaban J connectivity index is 1.40. The van der Waals surface area contributed by atoms with Crippen molar-refractivity contribution >= 4 is 17.6 Å². The van der Waals surface area contributed by atoms with Gasteiger partial charge in [-0.15, -0.1) is 0 Å². The molecule has 0 saturated carbocycles. The van der Waals surface area contributed by atoms with Crippen molar-refractivity contribution in [2.24, 2.45) is 5.73 Å². The number of rotatable bonds is 10. The topological polar surface area (TPSA) is 113 Å². The van der Waals surface area contributed by atoms with Gasteiger partial charge in [0.05, 0.1) is 26.1 Å². The van der Waals surface area contributed by atoms with E-state index in [1.54, 1.807) is 55.6 Å². The summed E-state index contributed by atoms with van der Waals surface area (Å²) in [6.45, 7) is 2.55. The number of ether oxygens (including phenoxy) is 5. The number of halogens is 1. The van der Waals surface area contributed by atoms with Crippen molar-refractivity contribution in [2.45, 2.75) is 25.9 Å². The van der Waals surface area contributed by atoms with Gasteiger partial charge in [0, 0.05) is 22.2 Å². The van der Waals surface area contributed by atoms with Gasteiger partial charge in [-0.3, -0.25) is 4.79 Å². The van der Waals surface area contributed by atoms with Crippen molar-refractivity contribution in [3.05, 3.63) is 124 Å². The fourth-order valence-electron chi connectivity index (χ4n) is 4.78. The van der Waals surface area contributed by atoms with Crippen molar-refractivity contribution < 1.29 is 28.5 Å². The van der Waals surface area contributed by atoms with Crippen LogP contribution in [0.5, 0.6) is 28.7 Å². The Kier molecular flexibility index (Phi) is 9.04. The van der Waals surface area contributed by atoms with Crippen LogP contribution in [0.25, 0.3) is 0 Å². The molecule has 0 spiro atoms. The van der Waals surface area contributed by atoms with Gasteiger partial charge in [-0.25, -0.2) is 0 Å². The SMILES string of the molecule is CCOc1cc(C2C(C#N)=C(N)Oc3cc(OC(=O)Cc4ccc(OC)cc4)ccc32)ccc1OCc1ccccc1Cl. The molecule has 9 heteroatoms. The molecule has 1 aliphatic rings. The van der Waals surface area contributed by atoms with Crippen LogP contribution in [-0.2, 0) is 17.8 Å². The minimum Gasteiger partial charge on any atom is -0.497 e. The number of hydrogen-bond acceptors (Lipinski definition) is 8. The molecule has 4 aromatic rings. The standard InChI is InChI=1S/C34H29ClN2O6/c1-3-40-31-17-22(10-15-29(31)41-20-23-6-4-5-7-28(23)35)33-26-14-13-25(18-30(26)43-34(37)27(33)19-36)42-32(38)16-21-8-11-24(39-2)12-9-21/h4-15,17-18,33H,3,16,20,37H2,1-2H3. The Morgan fingerprint density at radius 3 is 2.47 bits per heavy atom. The number of nitrogens with two attached hydrogens (primary N) is 1. The number of nitriles is 1. The molecule has 4 aromatic carbocycles. The second-order valence-electron chi connectivity index (χ2n) is 9.64. The summed E-state index contributed by atoms with van der Waals surface area (Å²) in [5.74, 6) is 1.41. The molecule has 0 amide bonds. The van der Waals surface area contributed by atoms with Crippen LogP contribution in [0, 0.1) is 11.3 Å². The highest BCUT2D eigenvalue weighted by Crippen LogP contribution is 2.45. The number of benzene rings is 4. The summed E-state index contributed by atoms with van der Waals surface area (Å²) in [6, 6.07) is 27.4. The maximum Gasteiger partial charge on any atom is 0.315 e. The number of carbonyl (C=O) groups excluding carboxylic acids is 1. The first-order valence-corrected chi connectivity index (χ1v) is 14.0. The third-order valence-corrected chi connectivity index (χ3v) is 7.24. The third kappa shape index (κ3) is 6.69. The van der Waals surface area contributed by atoms with Crippen LogP contribution in [0.3, 0.4) is 0 Å². The predicted molar refractivity (Wildman–Crippen MR) is 161 cm³/mol. The fourth-order valence-corrected chi connectivity index (χ4v) is 4.97. The molecule has 5 rings (SSSR count). The first-order chi connectivity index (χ1) is 20.9. The molecule has 0 bridgehead atoms. The highest BCUT2D eigenvalue weighted by molar-refractivity contribution is 6.31. The second-order valence-corrected chi connectivity index (χ2v) is 10.0. The lowest BCUT2D eigenvalue weighted by atomic mass is 9.83. The van der Waals surface area contributed by atoms with Crippen LogP contribution < -0.4 is 29.4 Å². The number of carbonyl (C=O) groups is 1. The van der Waals surface area contributed by atoms with Crippen LogP contribution in [0.1, 0.15) is 35.1 Å². The number of nitrogens with zero attached hydrogens (tertiary/aromatic N) is 1. The molecule has 0 saturated heterocycles. The molecule has 0 aliphatic carbocycles. The highest BCUT2D eigenvalue weighted by Gasteiger charge is 2.32. The molecule has 1 heterocycles. The summed E-state index contributed by atoms with van der Waals surface area (Å²) in [5, 5.41) is 10.6. The molecule has 1 unspecified atom stereocenters. The molecular weight excluding hydrogens is 568 g/mol. The normalized spacial score (nSPS) is 13.8. The van der Waals surface area contributed by atoms with E-state index in [0.29, 0.717) is 45.9 Å². The van der Waals surface area contributed by atoms with Gasteiger partial charge in [-0.05, 0) is 54.4 Å². The van der Waals surface area contributed by atoms with Gasteiger partial charge >= 0.3 is 5.97 Å². The summed E-state index contributed by atoms with van der Waals surface area (Å²) in [7, 11) is 1.58.